The molecule has 0 unspecified atom stereocenters. The molecule has 1 aliphatic carbocycles. The Hall–Kier alpha value is -1.76. The standard InChI is InChI=1S/C12H14N4O2S/c1-2-18-12(17)10-8-5-3-4-6-9(8)19-11(10)16-7-13-14-15-16/h7H,2-6H2,1H3. The molecule has 0 atom stereocenters. The van der Waals surface area contributed by atoms with E-state index in [-0.39, 0.29) is 5.97 Å². The zero-order valence-corrected chi connectivity index (χ0v) is 11.4. The average Bonchev–Trinajstić information content (AvgIpc) is 3.06. The predicted octanol–water partition coefficient (Wildman–Crippen LogP) is 1.78. The van der Waals surface area contributed by atoms with Gasteiger partial charge in [-0.1, -0.05) is 0 Å². The highest BCUT2D eigenvalue weighted by molar-refractivity contribution is 7.15. The van der Waals surface area contributed by atoms with Gasteiger partial charge in [0.2, 0.25) is 0 Å². The van der Waals surface area contributed by atoms with E-state index in [2.05, 4.69) is 15.5 Å². The number of aryl methyl sites for hydroxylation is 1. The number of carbonyl (C=O) groups is 1. The number of thiophene rings is 1. The number of rotatable bonds is 3. The van der Waals surface area contributed by atoms with E-state index >= 15 is 0 Å². The molecule has 0 saturated carbocycles. The molecule has 0 amide bonds. The number of ether oxygens (including phenoxy) is 1. The lowest BCUT2D eigenvalue weighted by molar-refractivity contribution is 0.0525. The van der Waals surface area contributed by atoms with Crippen molar-refractivity contribution in [2.75, 3.05) is 6.61 Å². The Morgan fingerprint density at radius 3 is 3.05 bits per heavy atom. The molecule has 19 heavy (non-hydrogen) atoms. The molecule has 0 bridgehead atoms. The minimum absolute atomic E-state index is 0.271. The summed E-state index contributed by atoms with van der Waals surface area (Å²) < 4.78 is 6.73. The summed E-state index contributed by atoms with van der Waals surface area (Å²) in [6, 6.07) is 0. The molecule has 0 aromatic carbocycles. The topological polar surface area (TPSA) is 69.9 Å². The molecule has 0 saturated heterocycles. The molecule has 0 N–H and O–H groups in total. The summed E-state index contributed by atoms with van der Waals surface area (Å²) in [4.78, 5) is 13.5. The van der Waals surface area contributed by atoms with E-state index in [4.69, 9.17) is 4.74 Å². The number of esters is 1. The van der Waals surface area contributed by atoms with Gasteiger partial charge in [-0.15, -0.1) is 16.4 Å². The normalized spacial score (nSPS) is 14.2. The van der Waals surface area contributed by atoms with Crippen LogP contribution in [0.3, 0.4) is 0 Å². The van der Waals surface area contributed by atoms with E-state index in [0.717, 1.165) is 29.8 Å². The van der Waals surface area contributed by atoms with Crippen LogP contribution in [-0.2, 0) is 17.6 Å². The zero-order chi connectivity index (χ0) is 13.2. The third-order valence-electron chi connectivity index (χ3n) is 3.19. The van der Waals surface area contributed by atoms with Crippen LogP contribution in [0.4, 0.5) is 0 Å². The lowest BCUT2D eigenvalue weighted by Crippen LogP contribution is -2.12. The van der Waals surface area contributed by atoms with E-state index in [1.54, 1.807) is 16.0 Å². The van der Waals surface area contributed by atoms with Crippen LogP contribution < -0.4 is 0 Å². The maximum absolute atomic E-state index is 12.2. The van der Waals surface area contributed by atoms with E-state index in [1.165, 1.54) is 17.6 Å². The summed E-state index contributed by atoms with van der Waals surface area (Å²) in [5.74, 6) is -0.271. The maximum atomic E-state index is 12.2. The van der Waals surface area contributed by atoms with Gasteiger partial charge in [0.15, 0.2) is 0 Å². The van der Waals surface area contributed by atoms with Crippen LogP contribution in [0.5, 0.6) is 0 Å². The molecular weight excluding hydrogens is 264 g/mol. The van der Waals surface area contributed by atoms with Gasteiger partial charge in [0, 0.05) is 4.88 Å². The van der Waals surface area contributed by atoms with Crippen molar-refractivity contribution in [3.05, 3.63) is 22.3 Å². The molecule has 2 aromatic heterocycles. The van der Waals surface area contributed by atoms with Gasteiger partial charge in [0.05, 0.1) is 12.2 Å². The van der Waals surface area contributed by atoms with Gasteiger partial charge in [-0.25, -0.2) is 4.79 Å². The minimum Gasteiger partial charge on any atom is -0.462 e. The Labute approximate surface area is 114 Å². The van der Waals surface area contributed by atoms with Crippen LogP contribution in [0.1, 0.15) is 40.6 Å². The van der Waals surface area contributed by atoms with E-state index in [1.807, 2.05) is 6.92 Å². The summed E-state index contributed by atoms with van der Waals surface area (Å²) in [7, 11) is 0. The van der Waals surface area contributed by atoms with Crippen LogP contribution >= 0.6 is 11.3 Å². The number of nitrogens with zero attached hydrogens (tertiary/aromatic N) is 4. The molecule has 3 rings (SSSR count). The molecule has 0 fully saturated rings. The van der Waals surface area contributed by atoms with Crippen molar-refractivity contribution in [1.82, 2.24) is 20.2 Å². The largest absolute Gasteiger partial charge is 0.462 e. The van der Waals surface area contributed by atoms with Gasteiger partial charge < -0.3 is 4.74 Å². The van der Waals surface area contributed by atoms with E-state index < -0.39 is 0 Å². The fourth-order valence-electron chi connectivity index (χ4n) is 2.38. The van der Waals surface area contributed by atoms with Crippen molar-refractivity contribution in [1.29, 1.82) is 0 Å². The first-order valence-electron chi connectivity index (χ1n) is 6.36. The van der Waals surface area contributed by atoms with Crippen LogP contribution in [-0.4, -0.2) is 32.8 Å². The molecule has 100 valence electrons. The summed E-state index contributed by atoms with van der Waals surface area (Å²) in [6.45, 7) is 2.19. The first-order valence-corrected chi connectivity index (χ1v) is 7.18. The summed E-state index contributed by atoms with van der Waals surface area (Å²) >= 11 is 1.59. The fraction of sp³-hybridized carbons (Fsp3) is 0.500. The number of tetrazole rings is 1. The molecule has 7 heteroatoms. The maximum Gasteiger partial charge on any atom is 0.341 e. The second-order valence-corrected chi connectivity index (χ2v) is 5.45. The molecule has 2 heterocycles. The SMILES string of the molecule is CCOC(=O)c1c(-n2cnnn2)sc2c1CCCC2. The molecule has 6 nitrogen and oxygen atoms in total. The number of hydrogen-bond acceptors (Lipinski definition) is 6. The summed E-state index contributed by atoms with van der Waals surface area (Å²) in [5, 5.41) is 11.9. The van der Waals surface area contributed by atoms with Gasteiger partial charge in [-0.2, -0.15) is 4.68 Å². The molecule has 0 aliphatic heterocycles. The Kier molecular flexibility index (Phi) is 3.29. The Morgan fingerprint density at radius 2 is 2.32 bits per heavy atom. The monoisotopic (exact) mass is 278 g/mol. The minimum atomic E-state index is -0.271. The van der Waals surface area contributed by atoms with Gasteiger partial charge in [-0.3, -0.25) is 0 Å². The second-order valence-electron chi connectivity index (χ2n) is 4.37. The first-order chi connectivity index (χ1) is 9.31. The lowest BCUT2D eigenvalue weighted by atomic mass is 9.95. The van der Waals surface area contributed by atoms with Crippen molar-refractivity contribution in [2.45, 2.75) is 32.6 Å². The van der Waals surface area contributed by atoms with Gasteiger partial charge in [-0.05, 0) is 48.6 Å². The zero-order valence-electron chi connectivity index (χ0n) is 10.6. The third kappa shape index (κ3) is 2.14. The van der Waals surface area contributed by atoms with Crippen LogP contribution in [0, 0.1) is 0 Å². The van der Waals surface area contributed by atoms with Gasteiger partial charge in [0.1, 0.15) is 11.3 Å². The fourth-order valence-corrected chi connectivity index (χ4v) is 3.67. The lowest BCUT2D eigenvalue weighted by Gasteiger charge is -2.12. The molecule has 0 spiro atoms. The van der Waals surface area contributed by atoms with Gasteiger partial charge >= 0.3 is 5.97 Å². The van der Waals surface area contributed by atoms with Crippen molar-refractivity contribution in [3.63, 3.8) is 0 Å². The van der Waals surface area contributed by atoms with Crippen LogP contribution in [0.25, 0.3) is 5.00 Å². The Bertz CT molecular complexity index is 591. The number of hydrogen-bond donors (Lipinski definition) is 0. The molecule has 2 aromatic rings. The average molecular weight is 278 g/mol. The molecular formula is C12H14N4O2S. The number of fused-ring (bicyclic) bond motifs is 1. The van der Waals surface area contributed by atoms with Crippen molar-refractivity contribution >= 4 is 17.3 Å². The molecule has 1 aliphatic rings. The van der Waals surface area contributed by atoms with Crippen LogP contribution in [0.15, 0.2) is 6.33 Å². The van der Waals surface area contributed by atoms with Gasteiger partial charge in [0.25, 0.3) is 0 Å². The highest BCUT2D eigenvalue weighted by atomic mass is 32.1. The van der Waals surface area contributed by atoms with Crippen molar-refractivity contribution < 1.29 is 9.53 Å². The second kappa shape index (κ2) is 5.08. The van der Waals surface area contributed by atoms with E-state index in [9.17, 15) is 4.79 Å². The smallest absolute Gasteiger partial charge is 0.341 e. The molecule has 0 radical (unpaired) electrons. The number of carbonyl (C=O) groups excluding carboxylic acids is 1. The Balaban J connectivity index is 2.12. The van der Waals surface area contributed by atoms with Crippen molar-refractivity contribution in [3.8, 4) is 5.00 Å². The quantitative estimate of drug-likeness (QED) is 0.800. The summed E-state index contributed by atoms with van der Waals surface area (Å²) in [6.07, 6.45) is 5.76. The van der Waals surface area contributed by atoms with Crippen molar-refractivity contribution in [2.24, 2.45) is 0 Å². The van der Waals surface area contributed by atoms with E-state index in [0.29, 0.717) is 12.2 Å². The summed E-state index contributed by atoms with van der Waals surface area (Å²) in [5.41, 5.74) is 1.77. The highest BCUT2D eigenvalue weighted by Crippen LogP contribution is 2.36. The van der Waals surface area contributed by atoms with Crippen LogP contribution in [0.2, 0.25) is 0 Å². The first kappa shape index (κ1) is 12.3. The third-order valence-corrected chi connectivity index (χ3v) is 4.47. The Morgan fingerprint density at radius 1 is 1.47 bits per heavy atom. The highest BCUT2D eigenvalue weighted by Gasteiger charge is 2.27. The predicted molar refractivity (Wildman–Crippen MR) is 69.6 cm³/mol. The number of aromatic nitrogens is 4.